The van der Waals surface area contributed by atoms with Crippen molar-refractivity contribution >= 4 is 0 Å². The number of aryl methyl sites for hydroxylation is 1. The third-order valence-corrected chi connectivity index (χ3v) is 4.22. The van der Waals surface area contributed by atoms with Gasteiger partial charge in [0.1, 0.15) is 0 Å². The number of rotatable bonds is 8. The lowest BCUT2D eigenvalue weighted by Gasteiger charge is -2.22. The van der Waals surface area contributed by atoms with Gasteiger partial charge in [-0.1, -0.05) is 6.92 Å². The molecule has 0 radical (unpaired) electrons. The van der Waals surface area contributed by atoms with E-state index in [1.54, 1.807) is 28.4 Å². The highest BCUT2D eigenvalue weighted by atomic mass is 16.7. The molecule has 0 amide bonds. The minimum Gasteiger partial charge on any atom is -0.571 e. The Morgan fingerprint density at radius 1 is 0.720 bits per heavy atom. The van der Waals surface area contributed by atoms with Gasteiger partial charge in [0.05, 0.1) is 34.5 Å². The summed E-state index contributed by atoms with van der Waals surface area (Å²) in [7, 11) is 8.54. The van der Waals surface area contributed by atoms with Crippen LogP contribution in [0.5, 0.6) is 28.7 Å². The van der Waals surface area contributed by atoms with Crippen molar-refractivity contribution in [1.82, 2.24) is 0 Å². The van der Waals surface area contributed by atoms with Crippen LogP contribution in [0.15, 0.2) is 30.3 Å². The van der Waals surface area contributed by atoms with Crippen LogP contribution in [0.1, 0.15) is 18.1 Å². The zero-order valence-electron chi connectivity index (χ0n) is 15.8. The molecule has 0 spiro atoms. The van der Waals surface area contributed by atoms with Gasteiger partial charge in [-0.25, -0.2) is 0 Å². The average Bonchev–Trinajstić information content (AvgIpc) is 2.66. The molecule has 0 saturated carbocycles. The molecule has 0 aliphatic heterocycles. The smallest absolute Gasteiger partial charge is 0.259 e. The third-order valence-electron chi connectivity index (χ3n) is 4.22. The number of hydrogen-bond acceptors (Lipinski definition) is 4. The maximum Gasteiger partial charge on any atom is 0.259 e. The first-order valence-corrected chi connectivity index (χ1v) is 8.16. The lowest BCUT2D eigenvalue weighted by atomic mass is 10.0. The minimum absolute atomic E-state index is 0.666. The first kappa shape index (κ1) is 18.8. The molecule has 0 heterocycles. The van der Waals surface area contributed by atoms with Crippen LogP contribution in [0, 0.1) is 0 Å². The van der Waals surface area contributed by atoms with E-state index in [9.17, 15) is 0 Å². The van der Waals surface area contributed by atoms with Crippen LogP contribution in [0.25, 0.3) is 0 Å². The van der Waals surface area contributed by atoms with Gasteiger partial charge in [0.2, 0.25) is 6.61 Å². The summed E-state index contributed by atoms with van der Waals surface area (Å²) in [4.78, 5) is 0. The van der Waals surface area contributed by atoms with Crippen molar-refractivity contribution in [1.29, 1.82) is 0 Å². The summed E-state index contributed by atoms with van der Waals surface area (Å²) >= 11 is 0. The van der Waals surface area contributed by atoms with Crippen LogP contribution in [-0.4, -0.2) is 35.5 Å². The van der Waals surface area contributed by atoms with Gasteiger partial charge in [0.25, 0.3) is 5.75 Å². The highest BCUT2D eigenvalue weighted by Gasteiger charge is 2.17. The fraction of sp³-hybridized carbons (Fsp3) is 0.400. The summed E-state index contributed by atoms with van der Waals surface area (Å²) < 4.78 is 24.6. The van der Waals surface area contributed by atoms with Crippen LogP contribution in [0.2, 0.25) is 0 Å². The van der Waals surface area contributed by atoms with E-state index in [0.29, 0.717) is 18.1 Å². The number of benzene rings is 2. The van der Waals surface area contributed by atoms with Crippen molar-refractivity contribution in [3.8, 4) is 28.7 Å². The summed E-state index contributed by atoms with van der Waals surface area (Å²) in [6.45, 7) is 2.80. The molecule has 2 aromatic carbocycles. The molecule has 0 aliphatic carbocycles. The Bertz CT molecular complexity index is 711. The van der Waals surface area contributed by atoms with Crippen LogP contribution < -0.4 is 18.9 Å². The monoisotopic (exact) mass is 347 g/mol. The Kier molecular flexibility index (Phi) is 6.39. The summed E-state index contributed by atoms with van der Waals surface area (Å²) in [6.07, 6.45) is 0.913. The average molecular weight is 347 g/mol. The Balaban J connectivity index is 2.32. The van der Waals surface area contributed by atoms with Gasteiger partial charge in [0.15, 0.2) is 30.1 Å². The molecule has 0 aromatic heterocycles. The highest BCUT2D eigenvalue weighted by molar-refractivity contribution is 5.48. The largest absolute Gasteiger partial charge is 0.571 e. The molecule has 0 unspecified atom stereocenters. The maximum atomic E-state index is 5.44. The first-order valence-electron chi connectivity index (χ1n) is 8.16. The number of hydrogen-bond donors (Lipinski definition) is 0. The molecule has 0 N–H and O–H groups in total. The molecule has 0 aliphatic rings. The molecule has 5 heteroatoms. The predicted molar refractivity (Wildman–Crippen MR) is 98.6 cm³/mol. The molecular formula is C20H27O5+. The fourth-order valence-electron chi connectivity index (χ4n) is 2.78. The standard InChI is InChI=1S/C20H27O5/c1-7-14-10-18(22-3)19(23-4)11-15(14)13-25(6)16-8-9-17(21-2)20(12-16)24-5/h8-12H,7,13H2,1-6H3/q+1. The van der Waals surface area contributed by atoms with Crippen molar-refractivity contribution in [3.05, 3.63) is 41.5 Å². The van der Waals surface area contributed by atoms with E-state index < -0.39 is 0 Å². The lowest BCUT2D eigenvalue weighted by molar-refractivity contribution is -0.0221. The second kappa shape index (κ2) is 8.51. The zero-order chi connectivity index (χ0) is 18.4. The summed E-state index contributed by atoms with van der Waals surface area (Å²) in [6, 6.07) is 9.89. The number of ether oxygens (including phenoxy) is 4. The van der Waals surface area contributed by atoms with Gasteiger partial charge < -0.3 is 23.3 Å². The molecule has 0 atom stereocenters. The Morgan fingerprint density at radius 3 is 1.76 bits per heavy atom. The van der Waals surface area contributed by atoms with E-state index in [1.807, 2.05) is 37.4 Å². The van der Waals surface area contributed by atoms with Crippen molar-refractivity contribution in [2.75, 3.05) is 35.5 Å². The van der Waals surface area contributed by atoms with E-state index in [0.717, 1.165) is 23.7 Å². The van der Waals surface area contributed by atoms with Crippen molar-refractivity contribution in [2.45, 2.75) is 20.0 Å². The van der Waals surface area contributed by atoms with E-state index in [-0.39, 0.29) is 0 Å². The lowest BCUT2D eigenvalue weighted by Crippen LogP contribution is -2.06. The van der Waals surface area contributed by atoms with Gasteiger partial charge in [-0.3, -0.25) is 0 Å². The SMILES string of the molecule is CCc1cc(OC)c(OC)cc1C[O+](C)c1ccc(OC)c(OC)c1. The normalized spacial score (nSPS) is 10.3. The number of methoxy groups -OCH3 is 4. The molecule has 25 heavy (non-hydrogen) atoms. The van der Waals surface area contributed by atoms with E-state index in [4.69, 9.17) is 18.9 Å². The topological polar surface area (TPSA) is 39.6 Å². The van der Waals surface area contributed by atoms with E-state index in [1.165, 1.54) is 11.1 Å². The van der Waals surface area contributed by atoms with Gasteiger partial charge in [-0.05, 0) is 30.2 Å². The minimum atomic E-state index is 0.666. The third kappa shape index (κ3) is 4.10. The molecule has 0 saturated heterocycles. The highest BCUT2D eigenvalue weighted by Crippen LogP contribution is 2.37. The quantitative estimate of drug-likeness (QED) is 0.665. The molecule has 0 fully saturated rings. The van der Waals surface area contributed by atoms with Crippen LogP contribution >= 0.6 is 0 Å². The summed E-state index contributed by atoms with van der Waals surface area (Å²) in [5.41, 5.74) is 2.39. The van der Waals surface area contributed by atoms with Gasteiger partial charge >= 0.3 is 0 Å². The van der Waals surface area contributed by atoms with Gasteiger partial charge in [0, 0.05) is 11.6 Å². The summed E-state index contributed by atoms with van der Waals surface area (Å²) in [5, 5.41) is 0. The van der Waals surface area contributed by atoms with Crippen LogP contribution in [0.3, 0.4) is 0 Å². The zero-order valence-corrected chi connectivity index (χ0v) is 15.8. The summed E-state index contributed by atoms with van der Waals surface area (Å²) in [5.74, 6) is 3.86. The Morgan fingerprint density at radius 2 is 1.24 bits per heavy atom. The van der Waals surface area contributed by atoms with Crippen molar-refractivity contribution in [3.63, 3.8) is 0 Å². The predicted octanol–water partition coefficient (Wildman–Crippen LogP) is 4.38. The molecule has 2 aromatic rings. The van der Waals surface area contributed by atoms with Crippen LogP contribution in [-0.2, 0) is 17.4 Å². The van der Waals surface area contributed by atoms with Crippen molar-refractivity contribution in [2.24, 2.45) is 0 Å². The molecule has 0 bridgehead atoms. The molecule has 2 rings (SSSR count). The van der Waals surface area contributed by atoms with Crippen LogP contribution in [0.4, 0.5) is 0 Å². The van der Waals surface area contributed by atoms with E-state index >= 15 is 0 Å². The van der Waals surface area contributed by atoms with Crippen molar-refractivity contribution < 1.29 is 23.3 Å². The second-order valence-electron chi connectivity index (χ2n) is 5.63. The fourth-order valence-corrected chi connectivity index (χ4v) is 2.78. The first-order chi connectivity index (χ1) is 12.1. The Labute approximate surface area is 149 Å². The molecule has 136 valence electrons. The molecule has 5 nitrogen and oxygen atoms in total. The van der Waals surface area contributed by atoms with Gasteiger partial charge in [-0.15, -0.1) is 0 Å². The maximum absolute atomic E-state index is 5.44. The Hall–Kier alpha value is -2.56. The van der Waals surface area contributed by atoms with Gasteiger partial charge in [-0.2, -0.15) is 0 Å². The molecular weight excluding hydrogens is 320 g/mol. The van der Waals surface area contributed by atoms with E-state index in [2.05, 4.69) is 11.3 Å². The second-order valence-corrected chi connectivity index (χ2v) is 5.63.